The van der Waals surface area contributed by atoms with Crippen LogP contribution in [0.1, 0.15) is 25.8 Å². The van der Waals surface area contributed by atoms with Crippen molar-refractivity contribution in [2.24, 2.45) is 0 Å². The zero-order valence-electron chi connectivity index (χ0n) is 14.7. The highest BCUT2D eigenvalue weighted by Crippen LogP contribution is 2.21. The normalized spacial score (nSPS) is 11.8. The quantitative estimate of drug-likeness (QED) is 0.641. The SMILES string of the molecule is CCC(C)Nc1cc(NCc2ccccc2)nc(-c2ccccc2)n1. The van der Waals surface area contributed by atoms with E-state index in [9.17, 15) is 0 Å². The highest BCUT2D eigenvalue weighted by molar-refractivity contribution is 5.61. The van der Waals surface area contributed by atoms with Gasteiger partial charge in [-0.15, -0.1) is 0 Å². The Morgan fingerprint density at radius 3 is 2.20 bits per heavy atom. The van der Waals surface area contributed by atoms with Gasteiger partial charge in [-0.3, -0.25) is 0 Å². The molecule has 2 N–H and O–H groups in total. The van der Waals surface area contributed by atoms with E-state index in [4.69, 9.17) is 0 Å². The van der Waals surface area contributed by atoms with E-state index in [1.165, 1.54) is 5.56 Å². The zero-order valence-corrected chi connectivity index (χ0v) is 14.7. The Labute approximate surface area is 149 Å². The molecule has 3 aromatic rings. The third kappa shape index (κ3) is 4.80. The van der Waals surface area contributed by atoms with Gasteiger partial charge in [-0.25, -0.2) is 9.97 Å². The average molecular weight is 332 g/mol. The summed E-state index contributed by atoms with van der Waals surface area (Å²) in [4.78, 5) is 9.37. The van der Waals surface area contributed by atoms with Crippen molar-refractivity contribution in [1.29, 1.82) is 0 Å². The molecule has 25 heavy (non-hydrogen) atoms. The van der Waals surface area contributed by atoms with Crippen molar-refractivity contribution >= 4 is 11.6 Å². The van der Waals surface area contributed by atoms with Crippen LogP contribution < -0.4 is 10.6 Å². The number of nitrogens with one attached hydrogen (secondary N) is 2. The van der Waals surface area contributed by atoms with Gasteiger partial charge in [-0.05, 0) is 18.9 Å². The van der Waals surface area contributed by atoms with Gasteiger partial charge < -0.3 is 10.6 Å². The number of hydrogen-bond donors (Lipinski definition) is 2. The Balaban J connectivity index is 1.86. The van der Waals surface area contributed by atoms with E-state index in [2.05, 4.69) is 46.6 Å². The molecule has 1 aromatic heterocycles. The molecule has 0 aliphatic carbocycles. The molecule has 0 bridgehead atoms. The van der Waals surface area contributed by atoms with Crippen LogP contribution in [0.5, 0.6) is 0 Å². The number of aromatic nitrogens is 2. The molecule has 1 heterocycles. The second-order valence-corrected chi connectivity index (χ2v) is 6.12. The summed E-state index contributed by atoms with van der Waals surface area (Å²) in [5.41, 5.74) is 2.23. The molecule has 128 valence electrons. The van der Waals surface area contributed by atoms with Gasteiger partial charge in [0, 0.05) is 24.2 Å². The second-order valence-electron chi connectivity index (χ2n) is 6.12. The Morgan fingerprint density at radius 2 is 1.52 bits per heavy atom. The van der Waals surface area contributed by atoms with E-state index in [0.717, 1.165) is 36.0 Å². The average Bonchev–Trinajstić information content (AvgIpc) is 2.67. The zero-order chi connectivity index (χ0) is 17.5. The fraction of sp³-hybridized carbons (Fsp3) is 0.238. The van der Waals surface area contributed by atoms with Crippen LogP contribution in [0.2, 0.25) is 0 Å². The molecule has 0 saturated carbocycles. The van der Waals surface area contributed by atoms with Gasteiger partial charge >= 0.3 is 0 Å². The lowest BCUT2D eigenvalue weighted by Gasteiger charge is -2.15. The van der Waals surface area contributed by atoms with Crippen LogP contribution in [0.4, 0.5) is 11.6 Å². The van der Waals surface area contributed by atoms with E-state index in [-0.39, 0.29) is 0 Å². The Kier molecular flexibility index (Phi) is 5.62. The second kappa shape index (κ2) is 8.29. The molecular weight excluding hydrogens is 308 g/mol. The lowest BCUT2D eigenvalue weighted by Crippen LogP contribution is -2.15. The van der Waals surface area contributed by atoms with Crippen LogP contribution in [-0.4, -0.2) is 16.0 Å². The van der Waals surface area contributed by atoms with Crippen LogP contribution in [-0.2, 0) is 6.54 Å². The fourth-order valence-corrected chi connectivity index (χ4v) is 2.47. The van der Waals surface area contributed by atoms with E-state index in [1.54, 1.807) is 0 Å². The van der Waals surface area contributed by atoms with Crippen molar-refractivity contribution in [1.82, 2.24) is 9.97 Å². The number of rotatable bonds is 7. The third-order valence-corrected chi connectivity index (χ3v) is 4.08. The first-order valence-electron chi connectivity index (χ1n) is 8.73. The summed E-state index contributed by atoms with van der Waals surface area (Å²) < 4.78 is 0. The van der Waals surface area contributed by atoms with E-state index in [1.807, 2.05) is 54.6 Å². The molecule has 0 aliphatic rings. The van der Waals surface area contributed by atoms with Crippen molar-refractivity contribution in [3.63, 3.8) is 0 Å². The minimum absolute atomic E-state index is 0.362. The lowest BCUT2D eigenvalue weighted by atomic mass is 10.2. The maximum Gasteiger partial charge on any atom is 0.163 e. The molecule has 4 nitrogen and oxygen atoms in total. The van der Waals surface area contributed by atoms with E-state index < -0.39 is 0 Å². The van der Waals surface area contributed by atoms with Gasteiger partial charge in [0.05, 0.1) is 0 Å². The summed E-state index contributed by atoms with van der Waals surface area (Å²) >= 11 is 0. The lowest BCUT2D eigenvalue weighted by molar-refractivity contribution is 0.758. The molecular formula is C21H24N4. The van der Waals surface area contributed by atoms with Crippen molar-refractivity contribution < 1.29 is 0 Å². The van der Waals surface area contributed by atoms with E-state index in [0.29, 0.717) is 6.04 Å². The molecule has 4 heteroatoms. The predicted molar refractivity (Wildman–Crippen MR) is 105 cm³/mol. The smallest absolute Gasteiger partial charge is 0.163 e. The van der Waals surface area contributed by atoms with Gasteiger partial charge in [0.1, 0.15) is 11.6 Å². The molecule has 1 atom stereocenters. The fourth-order valence-electron chi connectivity index (χ4n) is 2.47. The van der Waals surface area contributed by atoms with Crippen LogP contribution in [0.15, 0.2) is 66.7 Å². The number of hydrogen-bond acceptors (Lipinski definition) is 4. The maximum atomic E-state index is 4.69. The van der Waals surface area contributed by atoms with Crippen LogP contribution in [0.3, 0.4) is 0 Å². The molecule has 0 amide bonds. The molecule has 1 unspecified atom stereocenters. The van der Waals surface area contributed by atoms with Gasteiger partial charge in [0.15, 0.2) is 5.82 Å². The highest BCUT2D eigenvalue weighted by atomic mass is 15.1. The molecule has 0 fully saturated rings. The summed E-state index contributed by atoms with van der Waals surface area (Å²) in [6.45, 7) is 5.04. The predicted octanol–water partition coefficient (Wildman–Crippen LogP) is 4.97. The molecule has 0 saturated heterocycles. The molecule has 2 aromatic carbocycles. The summed E-state index contributed by atoms with van der Waals surface area (Å²) in [5, 5.41) is 6.86. The van der Waals surface area contributed by atoms with Crippen LogP contribution in [0, 0.1) is 0 Å². The Hall–Kier alpha value is -2.88. The molecule has 3 rings (SSSR count). The molecule has 0 radical (unpaired) electrons. The summed E-state index contributed by atoms with van der Waals surface area (Å²) in [6.07, 6.45) is 1.04. The van der Waals surface area contributed by atoms with Crippen molar-refractivity contribution in [2.45, 2.75) is 32.9 Å². The summed E-state index contributed by atoms with van der Waals surface area (Å²) in [7, 11) is 0. The van der Waals surface area contributed by atoms with Gasteiger partial charge in [-0.2, -0.15) is 0 Å². The molecule has 0 aliphatic heterocycles. The largest absolute Gasteiger partial charge is 0.367 e. The number of anilines is 2. The Morgan fingerprint density at radius 1 is 0.880 bits per heavy atom. The van der Waals surface area contributed by atoms with Gasteiger partial charge in [0.25, 0.3) is 0 Å². The first-order chi connectivity index (χ1) is 12.2. The molecule has 0 spiro atoms. The number of nitrogens with zero attached hydrogens (tertiary/aromatic N) is 2. The first kappa shape index (κ1) is 17.0. The minimum Gasteiger partial charge on any atom is -0.367 e. The van der Waals surface area contributed by atoms with Gasteiger partial charge in [-0.1, -0.05) is 67.6 Å². The summed E-state index contributed by atoms with van der Waals surface area (Å²) in [5.74, 6) is 2.40. The number of benzene rings is 2. The van der Waals surface area contributed by atoms with E-state index >= 15 is 0 Å². The monoisotopic (exact) mass is 332 g/mol. The van der Waals surface area contributed by atoms with Gasteiger partial charge in [0.2, 0.25) is 0 Å². The van der Waals surface area contributed by atoms with Crippen molar-refractivity contribution in [3.05, 3.63) is 72.3 Å². The standard InChI is InChI=1S/C21H24N4/c1-3-16(2)23-20-14-19(22-15-17-10-6-4-7-11-17)24-21(25-20)18-12-8-5-9-13-18/h4-14,16H,3,15H2,1-2H3,(H2,22,23,24,25). The topological polar surface area (TPSA) is 49.8 Å². The first-order valence-corrected chi connectivity index (χ1v) is 8.73. The minimum atomic E-state index is 0.362. The van der Waals surface area contributed by atoms with Crippen molar-refractivity contribution in [2.75, 3.05) is 10.6 Å². The highest BCUT2D eigenvalue weighted by Gasteiger charge is 2.08. The third-order valence-electron chi connectivity index (χ3n) is 4.08. The maximum absolute atomic E-state index is 4.69. The Bertz CT molecular complexity index is 788. The summed E-state index contributed by atoms with van der Waals surface area (Å²) in [6, 6.07) is 22.7. The van der Waals surface area contributed by atoms with Crippen LogP contribution >= 0.6 is 0 Å². The van der Waals surface area contributed by atoms with Crippen LogP contribution in [0.25, 0.3) is 11.4 Å². The van der Waals surface area contributed by atoms with Crippen molar-refractivity contribution in [3.8, 4) is 11.4 Å².